The van der Waals surface area contributed by atoms with Crippen molar-refractivity contribution in [2.45, 2.75) is 12.8 Å². The Bertz CT molecular complexity index is 458. The molecule has 0 unspecified atom stereocenters. The van der Waals surface area contributed by atoms with Crippen LogP contribution in [0.15, 0.2) is 12.3 Å². The van der Waals surface area contributed by atoms with Gasteiger partial charge in [0.25, 0.3) is 5.91 Å². The molecule has 4 N–H and O–H groups in total. The third-order valence-electron chi connectivity index (χ3n) is 3.45. The smallest absolute Gasteiger partial charge is 0.250 e. The van der Waals surface area contributed by atoms with Gasteiger partial charge in [-0.1, -0.05) is 0 Å². The van der Waals surface area contributed by atoms with Crippen LogP contribution in [0.2, 0.25) is 0 Å². The Labute approximate surface area is 112 Å². The Morgan fingerprint density at radius 1 is 1.53 bits per heavy atom. The molecule has 1 fully saturated rings. The highest BCUT2D eigenvalue weighted by molar-refractivity contribution is 5.98. The number of nitrogens with two attached hydrogens (primary N) is 2. The molecule has 1 aliphatic rings. The molecule has 1 aliphatic heterocycles. The van der Waals surface area contributed by atoms with Crippen molar-refractivity contribution in [3.8, 4) is 0 Å². The number of rotatable bonds is 4. The van der Waals surface area contributed by atoms with Crippen molar-refractivity contribution in [1.29, 1.82) is 0 Å². The van der Waals surface area contributed by atoms with Gasteiger partial charge in [0.2, 0.25) is 0 Å². The summed E-state index contributed by atoms with van der Waals surface area (Å²) in [6.45, 7) is 2.53. The van der Waals surface area contributed by atoms with E-state index in [4.69, 9.17) is 16.2 Å². The fourth-order valence-corrected chi connectivity index (χ4v) is 2.29. The number of aromatic nitrogens is 1. The third kappa shape index (κ3) is 3.35. The lowest BCUT2D eigenvalue weighted by molar-refractivity contribution is 0.0685. The molecule has 0 spiro atoms. The number of carbonyl (C=O) groups excluding carboxylic acids is 1. The quantitative estimate of drug-likeness (QED) is 0.831. The van der Waals surface area contributed by atoms with E-state index in [-0.39, 0.29) is 0 Å². The Kier molecular flexibility index (Phi) is 4.21. The minimum Gasteiger partial charge on any atom is -0.397 e. The van der Waals surface area contributed by atoms with Gasteiger partial charge in [0.1, 0.15) is 5.82 Å². The van der Waals surface area contributed by atoms with E-state index < -0.39 is 5.91 Å². The van der Waals surface area contributed by atoms with Crippen LogP contribution in [0.4, 0.5) is 11.5 Å². The number of pyridine rings is 1. The summed E-state index contributed by atoms with van der Waals surface area (Å²) in [6, 6.07) is 1.65. The van der Waals surface area contributed by atoms with Crippen LogP contribution in [0, 0.1) is 5.92 Å². The fraction of sp³-hybridized carbons (Fsp3) is 0.538. The summed E-state index contributed by atoms with van der Waals surface area (Å²) in [6.07, 6.45) is 3.60. The molecule has 2 rings (SSSR count). The summed E-state index contributed by atoms with van der Waals surface area (Å²) in [5.74, 6) is 0.783. The van der Waals surface area contributed by atoms with Crippen molar-refractivity contribution in [3.05, 3.63) is 17.8 Å². The van der Waals surface area contributed by atoms with E-state index in [0.29, 0.717) is 17.2 Å². The van der Waals surface area contributed by atoms with E-state index in [2.05, 4.69) is 4.98 Å². The molecule has 0 bridgehead atoms. The lowest BCUT2D eigenvalue weighted by Gasteiger charge is -2.28. The molecule has 1 saturated heterocycles. The van der Waals surface area contributed by atoms with Crippen LogP contribution in [-0.4, -0.2) is 37.7 Å². The number of nitrogen functional groups attached to an aromatic ring is 1. The molecule has 2 heterocycles. The zero-order chi connectivity index (χ0) is 13.8. The monoisotopic (exact) mass is 264 g/mol. The van der Waals surface area contributed by atoms with E-state index in [1.807, 2.05) is 11.9 Å². The normalized spacial score (nSPS) is 16.3. The highest BCUT2D eigenvalue weighted by Crippen LogP contribution is 2.21. The molecule has 6 nitrogen and oxygen atoms in total. The number of anilines is 2. The maximum atomic E-state index is 11.3. The molecule has 1 aromatic rings. The van der Waals surface area contributed by atoms with Crippen molar-refractivity contribution in [3.63, 3.8) is 0 Å². The molecule has 104 valence electrons. The molecule has 0 saturated carbocycles. The highest BCUT2D eigenvalue weighted by atomic mass is 16.5. The molecule has 0 aliphatic carbocycles. The lowest BCUT2D eigenvalue weighted by Crippen LogP contribution is -2.30. The predicted octanol–water partition coefficient (Wildman–Crippen LogP) is 0.626. The summed E-state index contributed by atoms with van der Waals surface area (Å²) >= 11 is 0. The van der Waals surface area contributed by atoms with E-state index in [1.54, 1.807) is 6.07 Å². The second-order valence-electron chi connectivity index (χ2n) is 4.93. The van der Waals surface area contributed by atoms with Gasteiger partial charge < -0.3 is 21.1 Å². The molecule has 0 aromatic carbocycles. The molecule has 19 heavy (non-hydrogen) atoms. The highest BCUT2D eigenvalue weighted by Gasteiger charge is 2.17. The minimum absolute atomic E-state index is 0.315. The number of nitrogens with zero attached hydrogens (tertiary/aromatic N) is 2. The van der Waals surface area contributed by atoms with Crippen LogP contribution in [0.3, 0.4) is 0 Å². The largest absolute Gasteiger partial charge is 0.397 e. The molecular weight excluding hydrogens is 244 g/mol. The summed E-state index contributed by atoms with van der Waals surface area (Å²) in [5.41, 5.74) is 11.6. The molecular formula is C13H20N4O2. The zero-order valence-corrected chi connectivity index (χ0v) is 11.1. The maximum Gasteiger partial charge on any atom is 0.250 e. The van der Waals surface area contributed by atoms with Crippen LogP contribution in [-0.2, 0) is 4.74 Å². The summed E-state index contributed by atoms with van der Waals surface area (Å²) < 4.78 is 5.34. The molecule has 0 radical (unpaired) electrons. The second-order valence-corrected chi connectivity index (χ2v) is 4.93. The Morgan fingerprint density at radius 3 is 2.84 bits per heavy atom. The first-order valence-corrected chi connectivity index (χ1v) is 6.42. The number of hydrogen-bond donors (Lipinski definition) is 2. The number of primary amides is 1. The summed E-state index contributed by atoms with van der Waals surface area (Å²) in [4.78, 5) is 17.5. The molecule has 0 atom stereocenters. The van der Waals surface area contributed by atoms with Crippen molar-refractivity contribution >= 4 is 17.4 Å². The zero-order valence-electron chi connectivity index (χ0n) is 11.1. The molecule has 1 amide bonds. The topological polar surface area (TPSA) is 94.5 Å². The first-order chi connectivity index (χ1) is 9.08. The second kappa shape index (κ2) is 5.88. The number of carbonyl (C=O) groups is 1. The first-order valence-electron chi connectivity index (χ1n) is 6.42. The standard InChI is InChI=1S/C13H20N4O2/c1-17(8-9-2-4-19-5-3-9)12-6-10(13(15)18)11(14)7-16-12/h6-7,9H,2-5,8,14H2,1H3,(H2,15,18). The van der Waals surface area contributed by atoms with Gasteiger partial charge in [-0.3, -0.25) is 4.79 Å². The van der Waals surface area contributed by atoms with Gasteiger partial charge in [0, 0.05) is 26.8 Å². The van der Waals surface area contributed by atoms with Crippen LogP contribution in [0.5, 0.6) is 0 Å². The fourth-order valence-electron chi connectivity index (χ4n) is 2.29. The van der Waals surface area contributed by atoms with Crippen molar-refractivity contribution in [2.75, 3.05) is 37.4 Å². The summed E-state index contributed by atoms with van der Waals surface area (Å²) in [5, 5.41) is 0. The Hall–Kier alpha value is -1.82. The Morgan fingerprint density at radius 2 is 2.21 bits per heavy atom. The third-order valence-corrected chi connectivity index (χ3v) is 3.45. The van der Waals surface area contributed by atoms with E-state index >= 15 is 0 Å². The Balaban J connectivity index is 2.07. The number of hydrogen-bond acceptors (Lipinski definition) is 5. The minimum atomic E-state index is -0.527. The van der Waals surface area contributed by atoms with Crippen LogP contribution in [0.25, 0.3) is 0 Å². The predicted molar refractivity (Wildman–Crippen MR) is 74.0 cm³/mol. The van der Waals surface area contributed by atoms with E-state index in [1.165, 1.54) is 6.20 Å². The lowest BCUT2D eigenvalue weighted by atomic mass is 10.00. The number of amides is 1. The summed E-state index contributed by atoms with van der Waals surface area (Å²) in [7, 11) is 1.96. The number of ether oxygens (including phenoxy) is 1. The maximum absolute atomic E-state index is 11.3. The van der Waals surface area contributed by atoms with Crippen molar-refractivity contribution < 1.29 is 9.53 Å². The first kappa shape index (κ1) is 13.6. The van der Waals surface area contributed by atoms with Gasteiger partial charge in [-0.15, -0.1) is 0 Å². The van der Waals surface area contributed by atoms with Gasteiger partial charge in [-0.05, 0) is 24.8 Å². The SMILES string of the molecule is CN(CC1CCOCC1)c1cc(C(N)=O)c(N)cn1. The van der Waals surface area contributed by atoms with E-state index in [9.17, 15) is 4.79 Å². The average molecular weight is 264 g/mol. The van der Waals surface area contributed by atoms with E-state index in [0.717, 1.165) is 38.4 Å². The van der Waals surface area contributed by atoms with Gasteiger partial charge in [0.05, 0.1) is 17.4 Å². The van der Waals surface area contributed by atoms with Crippen molar-refractivity contribution in [2.24, 2.45) is 11.7 Å². The molecule has 6 heteroatoms. The van der Waals surface area contributed by atoms with Crippen LogP contribution >= 0.6 is 0 Å². The van der Waals surface area contributed by atoms with Crippen LogP contribution < -0.4 is 16.4 Å². The van der Waals surface area contributed by atoms with Crippen LogP contribution in [0.1, 0.15) is 23.2 Å². The average Bonchev–Trinajstić information content (AvgIpc) is 2.40. The van der Waals surface area contributed by atoms with Gasteiger partial charge in [-0.25, -0.2) is 4.98 Å². The van der Waals surface area contributed by atoms with Gasteiger partial charge in [0.15, 0.2) is 0 Å². The molecule has 1 aromatic heterocycles. The van der Waals surface area contributed by atoms with Gasteiger partial charge in [-0.2, -0.15) is 0 Å². The van der Waals surface area contributed by atoms with Gasteiger partial charge >= 0.3 is 0 Å². The van der Waals surface area contributed by atoms with Crippen molar-refractivity contribution in [1.82, 2.24) is 4.98 Å².